The number of aryl methyl sites for hydroxylation is 1. The number of aromatic amines is 1. The molecule has 0 unspecified atom stereocenters. The number of fused-ring (bicyclic) bond motifs is 1. The summed E-state index contributed by atoms with van der Waals surface area (Å²) in [5, 5.41) is 9.00. The number of halogens is 1. The van der Waals surface area contributed by atoms with Crippen molar-refractivity contribution >= 4 is 29.4 Å². The molecule has 5 rings (SSSR count). The SMILES string of the molecule is Cc1nc(-c2ccccc2)sc1-c1cnn2c(C3CCNCC3)cc(=O)[nH]c12.Cl. The lowest BCUT2D eigenvalue weighted by Crippen LogP contribution is -2.28. The highest BCUT2D eigenvalue weighted by molar-refractivity contribution is 7.18. The van der Waals surface area contributed by atoms with Crippen molar-refractivity contribution in [3.63, 3.8) is 0 Å². The molecule has 0 atom stereocenters. The Morgan fingerprint density at radius 2 is 1.93 bits per heavy atom. The van der Waals surface area contributed by atoms with Crippen molar-refractivity contribution < 1.29 is 0 Å². The Morgan fingerprint density at radius 3 is 2.69 bits per heavy atom. The van der Waals surface area contributed by atoms with E-state index < -0.39 is 0 Å². The quantitative estimate of drug-likeness (QED) is 0.518. The van der Waals surface area contributed by atoms with Gasteiger partial charge in [-0.25, -0.2) is 9.50 Å². The first-order valence-electron chi connectivity index (χ1n) is 9.55. The zero-order valence-corrected chi connectivity index (χ0v) is 17.6. The molecule has 8 heteroatoms. The van der Waals surface area contributed by atoms with Gasteiger partial charge in [-0.15, -0.1) is 23.7 Å². The second-order valence-corrected chi connectivity index (χ2v) is 8.20. The smallest absolute Gasteiger partial charge is 0.251 e. The van der Waals surface area contributed by atoms with E-state index in [2.05, 4.69) is 27.5 Å². The van der Waals surface area contributed by atoms with E-state index in [1.165, 1.54) is 0 Å². The molecular formula is C21H22ClN5OS. The van der Waals surface area contributed by atoms with Crippen molar-refractivity contribution in [1.82, 2.24) is 24.9 Å². The van der Waals surface area contributed by atoms with Crippen molar-refractivity contribution in [2.24, 2.45) is 0 Å². The fourth-order valence-electron chi connectivity index (χ4n) is 3.94. The van der Waals surface area contributed by atoms with Crippen LogP contribution in [0.5, 0.6) is 0 Å². The number of H-pyrrole nitrogens is 1. The van der Waals surface area contributed by atoms with Crippen LogP contribution in [0.25, 0.3) is 26.7 Å². The van der Waals surface area contributed by atoms with E-state index in [1.54, 1.807) is 17.4 Å². The summed E-state index contributed by atoms with van der Waals surface area (Å²) in [6, 6.07) is 11.9. The summed E-state index contributed by atoms with van der Waals surface area (Å²) in [5.41, 5.74) is 4.66. The van der Waals surface area contributed by atoms with Gasteiger partial charge < -0.3 is 10.3 Å². The molecule has 6 nitrogen and oxygen atoms in total. The third-order valence-corrected chi connectivity index (χ3v) is 6.59. The molecule has 4 heterocycles. The average molecular weight is 428 g/mol. The van der Waals surface area contributed by atoms with Gasteiger partial charge in [0.15, 0.2) is 0 Å². The molecule has 0 bridgehead atoms. The molecule has 0 amide bonds. The van der Waals surface area contributed by atoms with Gasteiger partial charge in [0.1, 0.15) is 10.7 Å². The molecule has 29 heavy (non-hydrogen) atoms. The minimum atomic E-state index is -0.0757. The van der Waals surface area contributed by atoms with Gasteiger partial charge in [0.25, 0.3) is 5.56 Å². The molecule has 4 aromatic rings. The van der Waals surface area contributed by atoms with E-state index in [4.69, 9.17) is 4.98 Å². The van der Waals surface area contributed by atoms with Crippen LogP contribution in [0.2, 0.25) is 0 Å². The first-order chi connectivity index (χ1) is 13.7. The molecule has 3 aromatic heterocycles. The van der Waals surface area contributed by atoms with Crippen molar-refractivity contribution in [2.45, 2.75) is 25.7 Å². The Morgan fingerprint density at radius 1 is 1.17 bits per heavy atom. The van der Waals surface area contributed by atoms with Gasteiger partial charge in [-0.2, -0.15) is 5.10 Å². The van der Waals surface area contributed by atoms with Gasteiger partial charge >= 0.3 is 0 Å². The first-order valence-corrected chi connectivity index (χ1v) is 10.4. The van der Waals surface area contributed by atoms with Crippen LogP contribution in [0.15, 0.2) is 47.4 Å². The zero-order chi connectivity index (χ0) is 19.1. The summed E-state index contributed by atoms with van der Waals surface area (Å²) >= 11 is 1.64. The summed E-state index contributed by atoms with van der Waals surface area (Å²) in [4.78, 5) is 21.2. The van der Waals surface area contributed by atoms with Crippen LogP contribution in [0, 0.1) is 6.92 Å². The summed E-state index contributed by atoms with van der Waals surface area (Å²) in [7, 11) is 0. The lowest BCUT2D eigenvalue weighted by atomic mass is 9.94. The summed E-state index contributed by atoms with van der Waals surface area (Å²) in [6.07, 6.45) is 3.89. The van der Waals surface area contributed by atoms with Crippen molar-refractivity contribution in [3.8, 4) is 21.0 Å². The molecule has 1 saturated heterocycles. The van der Waals surface area contributed by atoms with Crippen LogP contribution in [-0.2, 0) is 0 Å². The number of benzene rings is 1. The maximum absolute atomic E-state index is 12.4. The molecule has 1 aliphatic heterocycles. The highest BCUT2D eigenvalue weighted by Gasteiger charge is 2.22. The predicted molar refractivity (Wildman–Crippen MR) is 119 cm³/mol. The molecule has 0 saturated carbocycles. The van der Waals surface area contributed by atoms with Crippen molar-refractivity contribution in [2.75, 3.05) is 13.1 Å². The van der Waals surface area contributed by atoms with Crippen LogP contribution in [0.3, 0.4) is 0 Å². The van der Waals surface area contributed by atoms with Gasteiger partial charge in [0.05, 0.1) is 28.0 Å². The van der Waals surface area contributed by atoms with E-state index in [0.29, 0.717) is 5.92 Å². The molecular weight excluding hydrogens is 406 g/mol. The second-order valence-electron chi connectivity index (χ2n) is 7.20. The monoisotopic (exact) mass is 427 g/mol. The Balaban J connectivity index is 0.00000205. The minimum absolute atomic E-state index is 0. The number of hydrogen-bond acceptors (Lipinski definition) is 5. The molecule has 1 aliphatic rings. The Bertz CT molecular complexity index is 1190. The topological polar surface area (TPSA) is 75.1 Å². The molecule has 0 radical (unpaired) electrons. The second kappa shape index (κ2) is 8.10. The van der Waals surface area contributed by atoms with Gasteiger partial charge in [0.2, 0.25) is 0 Å². The Kier molecular flexibility index (Phi) is 5.54. The third-order valence-electron chi connectivity index (χ3n) is 5.35. The Hall–Kier alpha value is -2.48. The number of piperidine rings is 1. The van der Waals surface area contributed by atoms with Crippen LogP contribution >= 0.6 is 23.7 Å². The molecule has 1 fully saturated rings. The molecule has 1 aromatic carbocycles. The minimum Gasteiger partial charge on any atom is -0.317 e. The van der Waals surface area contributed by atoms with E-state index in [-0.39, 0.29) is 18.0 Å². The van der Waals surface area contributed by atoms with E-state index >= 15 is 0 Å². The lowest BCUT2D eigenvalue weighted by molar-refractivity contribution is 0.446. The standard InChI is InChI=1S/C21H21N5OS.ClH/c1-13-19(28-21(24-13)15-5-3-2-4-6-15)16-12-23-26-17(11-18(27)25-20(16)26)14-7-9-22-10-8-14;/h2-6,11-12,14,22H,7-10H2,1H3,(H,25,27);1H. The van der Waals surface area contributed by atoms with Gasteiger partial charge in [0, 0.05) is 17.5 Å². The lowest BCUT2D eigenvalue weighted by Gasteiger charge is -2.23. The number of aromatic nitrogens is 4. The average Bonchev–Trinajstić information content (AvgIpc) is 3.32. The van der Waals surface area contributed by atoms with Crippen LogP contribution in [0.1, 0.15) is 30.1 Å². The number of nitrogens with one attached hydrogen (secondary N) is 2. The zero-order valence-electron chi connectivity index (χ0n) is 16.0. The maximum atomic E-state index is 12.4. The van der Waals surface area contributed by atoms with E-state index in [0.717, 1.165) is 64.0 Å². The van der Waals surface area contributed by atoms with Crippen molar-refractivity contribution in [1.29, 1.82) is 0 Å². The highest BCUT2D eigenvalue weighted by atomic mass is 35.5. The van der Waals surface area contributed by atoms with E-state index in [1.807, 2.05) is 35.8 Å². The number of thiazole rings is 1. The molecule has 150 valence electrons. The summed E-state index contributed by atoms with van der Waals surface area (Å²) in [6.45, 7) is 3.96. The third kappa shape index (κ3) is 3.61. The number of rotatable bonds is 3. The van der Waals surface area contributed by atoms with Crippen LogP contribution < -0.4 is 10.9 Å². The molecule has 2 N–H and O–H groups in total. The van der Waals surface area contributed by atoms with Crippen LogP contribution in [-0.4, -0.2) is 32.7 Å². The summed E-state index contributed by atoms with van der Waals surface area (Å²) < 4.78 is 1.91. The fourth-order valence-corrected chi connectivity index (χ4v) is 5.02. The van der Waals surface area contributed by atoms with Gasteiger partial charge in [-0.3, -0.25) is 4.79 Å². The van der Waals surface area contributed by atoms with Gasteiger partial charge in [-0.1, -0.05) is 30.3 Å². The van der Waals surface area contributed by atoms with Crippen molar-refractivity contribution in [3.05, 3.63) is 64.3 Å². The van der Waals surface area contributed by atoms with Gasteiger partial charge in [-0.05, 0) is 32.9 Å². The van der Waals surface area contributed by atoms with Crippen LogP contribution in [0.4, 0.5) is 0 Å². The fraction of sp³-hybridized carbons (Fsp3) is 0.286. The maximum Gasteiger partial charge on any atom is 0.251 e. The predicted octanol–water partition coefficient (Wildman–Crippen LogP) is 4.01. The Labute approximate surface area is 178 Å². The summed E-state index contributed by atoms with van der Waals surface area (Å²) in [5.74, 6) is 0.348. The molecule has 0 aliphatic carbocycles. The molecule has 0 spiro atoms. The number of nitrogens with zero attached hydrogens (tertiary/aromatic N) is 3. The highest BCUT2D eigenvalue weighted by Crippen LogP contribution is 2.37. The largest absolute Gasteiger partial charge is 0.317 e. The number of hydrogen-bond donors (Lipinski definition) is 2. The first kappa shape index (κ1) is 19.8. The van der Waals surface area contributed by atoms with E-state index in [9.17, 15) is 4.79 Å². The normalized spacial score (nSPS) is 14.8.